The molecule has 9 heavy (non-hydrogen) atoms. The van der Waals surface area contributed by atoms with Crippen molar-refractivity contribution in [2.45, 2.75) is 0 Å². The predicted molar refractivity (Wildman–Crippen MR) is 5.75 cm³/mol. The van der Waals surface area contributed by atoms with E-state index in [0.29, 0.717) is 0 Å². The Bertz CT molecular complexity index is 13.0. The number of hydrogen-bond donors (Lipinski definition) is 0. The number of hydrogen-bond acceptors (Lipinski definition) is 0. The Morgan fingerprint density at radius 1 is 0.444 bits per heavy atom. The fourth-order valence-corrected chi connectivity index (χ4v) is 0. The van der Waals surface area contributed by atoms with Gasteiger partial charge in [-0.05, 0) is 0 Å². The molecule has 0 aliphatic rings. The van der Waals surface area contributed by atoms with Crippen LogP contribution in [0.15, 0.2) is 0 Å². The number of rotatable bonds is 0. The van der Waals surface area contributed by atoms with E-state index in [9.17, 15) is 0 Å². The van der Waals surface area contributed by atoms with Crippen molar-refractivity contribution in [2.75, 3.05) is 0 Å². The van der Waals surface area contributed by atoms with Crippen molar-refractivity contribution in [2.24, 2.45) is 0 Å². The molecule has 0 bridgehead atoms. The molecule has 0 aliphatic carbocycles. The van der Waals surface area contributed by atoms with Gasteiger partial charge in [0.15, 0.2) is 0 Å². The molecule has 0 spiro atoms. The molecule has 0 saturated heterocycles. The molecule has 53 valence electrons. The van der Waals surface area contributed by atoms with Crippen LogP contribution in [0.4, 0.5) is 0 Å². The Labute approximate surface area is 87.5 Å². The van der Waals surface area contributed by atoms with Gasteiger partial charge in [0.1, 0.15) is 0 Å². The van der Waals surface area contributed by atoms with Gasteiger partial charge in [0.2, 0.25) is 0 Å². The summed E-state index contributed by atoms with van der Waals surface area (Å²) in [6, 6.07) is 0. The standard InChI is InChI=1S/6FH.Mg.Mn.Zn/h6*1H;;;/q;;;;;;3*+2/p-6. The largest absolute Gasteiger partial charge is 2.00 e. The molecule has 0 aromatic heterocycles. The summed E-state index contributed by atoms with van der Waals surface area (Å²) in [7, 11) is 0. The van der Waals surface area contributed by atoms with Gasteiger partial charge >= 0.3 is 59.6 Å². The molecule has 0 unspecified atom stereocenters. The SMILES string of the molecule is [F-].[F-].[F-].[F-].[F-].[F-].[Mg+2].[Mn+2].[Zn+2]. The third-order valence-electron chi connectivity index (χ3n) is 0. The smallest absolute Gasteiger partial charge is 1.00 e. The first-order chi connectivity index (χ1) is 0. The molecule has 0 aromatic carbocycles. The molecule has 0 rings (SSSR count). The monoisotopic (exact) mass is 257 g/mol. The van der Waals surface area contributed by atoms with Crippen LogP contribution < -0.4 is 28.2 Å². The van der Waals surface area contributed by atoms with Crippen molar-refractivity contribution < 1.29 is 64.8 Å². The van der Waals surface area contributed by atoms with Gasteiger partial charge in [0.05, 0.1) is 0 Å². The van der Waals surface area contributed by atoms with Crippen LogP contribution in [0.5, 0.6) is 0 Å². The molecule has 0 heterocycles. The first kappa shape index (κ1) is 426. The molecule has 0 atom stereocenters. The Hall–Kier alpha value is 1.49. The Morgan fingerprint density at radius 3 is 0.444 bits per heavy atom. The quantitative estimate of drug-likeness (QED) is 0.299. The van der Waals surface area contributed by atoms with Crippen LogP contribution in [0.25, 0.3) is 0 Å². The average Bonchev–Trinajstić information content (AvgIpc) is 0. The van der Waals surface area contributed by atoms with E-state index >= 15 is 0 Å². The fraction of sp³-hybridized carbons (Fsp3) is 0. The first-order valence-corrected chi connectivity index (χ1v) is 0. The van der Waals surface area contributed by atoms with E-state index in [0.717, 1.165) is 0 Å². The Balaban J connectivity index is 0. The molecule has 0 saturated carbocycles. The zero-order valence-electron chi connectivity index (χ0n) is 4.06. The Morgan fingerprint density at radius 2 is 0.444 bits per heavy atom. The second kappa shape index (κ2) is 308. The molecule has 0 aromatic rings. The van der Waals surface area contributed by atoms with E-state index in [1.807, 2.05) is 0 Å². The summed E-state index contributed by atoms with van der Waals surface area (Å²) < 4.78 is 0. The summed E-state index contributed by atoms with van der Waals surface area (Å²) in [5.74, 6) is 0. The zero-order valence-corrected chi connectivity index (χ0v) is 9.62. The summed E-state index contributed by atoms with van der Waals surface area (Å²) in [5, 5.41) is 0. The van der Waals surface area contributed by atoms with E-state index in [1.54, 1.807) is 0 Å². The second-order valence-electron chi connectivity index (χ2n) is 0. The van der Waals surface area contributed by atoms with E-state index < -0.39 is 0 Å². The van der Waals surface area contributed by atoms with Crippen LogP contribution in [0, 0.1) is 0 Å². The zero-order chi connectivity index (χ0) is 0. The van der Waals surface area contributed by atoms with Gasteiger partial charge in [-0.1, -0.05) is 0 Å². The molecular weight excluding hydrogens is 259 g/mol. The van der Waals surface area contributed by atoms with Crippen LogP contribution in [-0.2, 0) is 36.5 Å². The van der Waals surface area contributed by atoms with E-state index in [4.69, 9.17) is 0 Å². The van der Waals surface area contributed by atoms with Crippen LogP contribution in [-0.4, -0.2) is 23.1 Å². The Kier molecular flexibility index (Phi) is 14600. The fourth-order valence-electron chi connectivity index (χ4n) is 0. The van der Waals surface area contributed by atoms with Gasteiger partial charge in [-0.3, -0.25) is 0 Å². The third-order valence-corrected chi connectivity index (χ3v) is 0. The molecule has 0 aliphatic heterocycles. The van der Waals surface area contributed by atoms with Crippen molar-refractivity contribution in [3.8, 4) is 0 Å². The predicted octanol–water partition coefficient (Wildman–Crippen LogP) is -18.4. The summed E-state index contributed by atoms with van der Waals surface area (Å²) in [4.78, 5) is 0. The van der Waals surface area contributed by atoms with E-state index in [2.05, 4.69) is 0 Å². The van der Waals surface area contributed by atoms with Crippen molar-refractivity contribution in [1.82, 2.24) is 0 Å². The normalized spacial score (nSPS) is 0. The van der Waals surface area contributed by atoms with Crippen LogP contribution in [0.1, 0.15) is 0 Å². The maximum Gasteiger partial charge on any atom is 2.00 e. The summed E-state index contributed by atoms with van der Waals surface area (Å²) in [6.45, 7) is 0. The molecule has 9 heteroatoms. The number of halogens is 6. The first-order valence-electron chi connectivity index (χ1n) is 0. The molecule has 0 fully saturated rings. The average molecular weight is 259 g/mol. The second-order valence-corrected chi connectivity index (χ2v) is 0. The van der Waals surface area contributed by atoms with Crippen molar-refractivity contribution >= 4 is 23.1 Å². The topological polar surface area (TPSA) is 0 Å². The summed E-state index contributed by atoms with van der Waals surface area (Å²) in [5.41, 5.74) is 0. The van der Waals surface area contributed by atoms with Crippen molar-refractivity contribution in [3.05, 3.63) is 0 Å². The van der Waals surface area contributed by atoms with Crippen LogP contribution >= 0.6 is 0 Å². The van der Waals surface area contributed by atoms with E-state index in [1.165, 1.54) is 0 Å². The molecular formula is F6MgMnZn. The van der Waals surface area contributed by atoms with Crippen LogP contribution in [0.3, 0.4) is 0 Å². The van der Waals surface area contributed by atoms with Crippen LogP contribution in [0.2, 0.25) is 0 Å². The van der Waals surface area contributed by atoms with Gasteiger partial charge in [0, 0.05) is 0 Å². The minimum absolute atomic E-state index is 0. The maximum atomic E-state index is 0. The summed E-state index contributed by atoms with van der Waals surface area (Å²) in [6.07, 6.45) is 0. The minimum atomic E-state index is 0. The van der Waals surface area contributed by atoms with Gasteiger partial charge in [-0.25, -0.2) is 0 Å². The van der Waals surface area contributed by atoms with Gasteiger partial charge in [0.25, 0.3) is 0 Å². The van der Waals surface area contributed by atoms with Crippen molar-refractivity contribution in [3.63, 3.8) is 0 Å². The van der Waals surface area contributed by atoms with Gasteiger partial charge < -0.3 is 28.2 Å². The molecule has 0 amide bonds. The maximum absolute atomic E-state index is 0. The molecule has 1 radical (unpaired) electrons. The third kappa shape index (κ3) is 240. The summed E-state index contributed by atoms with van der Waals surface area (Å²) >= 11 is 0. The van der Waals surface area contributed by atoms with Gasteiger partial charge in [-0.15, -0.1) is 0 Å². The molecule has 0 N–H and O–H groups in total. The van der Waals surface area contributed by atoms with Gasteiger partial charge in [-0.2, -0.15) is 0 Å². The van der Waals surface area contributed by atoms with E-state index in [-0.39, 0.29) is 87.8 Å². The minimum Gasteiger partial charge on any atom is -1.00 e. The van der Waals surface area contributed by atoms with Crippen molar-refractivity contribution in [1.29, 1.82) is 0 Å². The molecule has 0 nitrogen and oxygen atoms in total.